The van der Waals surface area contributed by atoms with Gasteiger partial charge in [0.25, 0.3) is 0 Å². The molecule has 2 aromatic rings. The lowest BCUT2D eigenvalue weighted by Gasteiger charge is -2.34. The molecule has 100 valence electrons. The molecule has 0 radical (unpaired) electrons. The first kappa shape index (κ1) is 13.3. The van der Waals surface area contributed by atoms with Gasteiger partial charge in [0, 0.05) is 37.8 Å². The van der Waals surface area contributed by atoms with Gasteiger partial charge >= 0.3 is 0 Å². The fourth-order valence-electron chi connectivity index (χ4n) is 2.65. The average Bonchev–Trinajstić information content (AvgIpc) is 2.82. The molecule has 3 rings (SSSR count). The minimum atomic E-state index is 0.220. The molecule has 1 aromatic heterocycles. The molecule has 1 aliphatic heterocycles. The summed E-state index contributed by atoms with van der Waals surface area (Å²) >= 11 is 5.58. The van der Waals surface area contributed by atoms with Gasteiger partial charge in [-0.3, -0.25) is 0 Å². The Hall–Kier alpha value is -0.640. The van der Waals surface area contributed by atoms with Crippen LogP contribution in [0.3, 0.4) is 0 Å². The number of halogens is 1. The molecule has 1 atom stereocenters. The third kappa shape index (κ3) is 2.28. The largest absolute Gasteiger partial charge is 0.309 e. The predicted octanol–water partition coefficient (Wildman–Crippen LogP) is 5.12. The summed E-state index contributed by atoms with van der Waals surface area (Å²) in [5.74, 6) is 0. The topological polar surface area (TPSA) is 12.0 Å². The Bertz CT molecular complexity index is 615. The Labute approximate surface area is 127 Å². The van der Waals surface area contributed by atoms with E-state index in [9.17, 15) is 0 Å². The number of fused-ring (bicyclic) bond motifs is 1. The number of nitrogens with one attached hydrogen (secondary N) is 1. The quantitative estimate of drug-likeness (QED) is 0.762. The van der Waals surface area contributed by atoms with Crippen LogP contribution in [0.2, 0.25) is 0 Å². The molecule has 3 heteroatoms. The van der Waals surface area contributed by atoms with Gasteiger partial charge in [0.15, 0.2) is 0 Å². The summed E-state index contributed by atoms with van der Waals surface area (Å²) in [6.45, 7) is 7.95. The van der Waals surface area contributed by atoms with Gasteiger partial charge in [-0.05, 0) is 24.6 Å². The Kier molecular flexibility index (Phi) is 3.32. The maximum Gasteiger partial charge on any atom is 0.0389 e. The van der Waals surface area contributed by atoms with E-state index in [0.29, 0.717) is 6.04 Å². The average molecular weight is 336 g/mol. The molecular weight excluding hydrogens is 318 g/mol. The van der Waals surface area contributed by atoms with E-state index in [2.05, 4.69) is 72.3 Å². The van der Waals surface area contributed by atoms with Gasteiger partial charge in [-0.15, -0.1) is 11.3 Å². The minimum Gasteiger partial charge on any atom is -0.309 e. The summed E-state index contributed by atoms with van der Waals surface area (Å²) in [5.41, 5.74) is 3.03. The van der Waals surface area contributed by atoms with E-state index in [1.54, 1.807) is 0 Å². The van der Waals surface area contributed by atoms with Crippen molar-refractivity contribution in [3.05, 3.63) is 45.2 Å². The monoisotopic (exact) mass is 335 g/mol. The van der Waals surface area contributed by atoms with Crippen molar-refractivity contribution in [2.24, 2.45) is 0 Å². The van der Waals surface area contributed by atoms with Crippen LogP contribution < -0.4 is 5.32 Å². The number of hydrogen-bond acceptors (Lipinski definition) is 2. The molecule has 1 aromatic carbocycles. The fraction of sp³-hybridized carbons (Fsp3) is 0.375. The second-order valence-corrected chi connectivity index (χ2v) is 7.79. The van der Waals surface area contributed by atoms with Gasteiger partial charge in [-0.1, -0.05) is 48.0 Å². The Morgan fingerprint density at radius 2 is 2.05 bits per heavy atom. The first-order chi connectivity index (χ1) is 8.99. The maximum absolute atomic E-state index is 3.66. The van der Waals surface area contributed by atoms with E-state index in [1.165, 1.54) is 25.4 Å². The highest BCUT2D eigenvalue weighted by Crippen LogP contribution is 2.44. The van der Waals surface area contributed by atoms with Crippen LogP contribution in [0.1, 0.15) is 37.3 Å². The van der Waals surface area contributed by atoms with Gasteiger partial charge in [-0.25, -0.2) is 0 Å². The third-order valence-electron chi connectivity index (χ3n) is 3.87. The molecule has 1 N–H and O–H groups in total. The van der Waals surface area contributed by atoms with E-state index >= 15 is 0 Å². The van der Waals surface area contributed by atoms with Crippen LogP contribution in [0.25, 0.3) is 10.4 Å². The highest BCUT2D eigenvalue weighted by Gasteiger charge is 2.32. The molecule has 0 saturated heterocycles. The molecule has 0 fully saturated rings. The predicted molar refractivity (Wildman–Crippen MR) is 86.9 cm³/mol. The SMILES string of the molecule is CC1NCC(C)(C)c2cc(-c3ccccc3Br)sc21. The zero-order valence-corrected chi connectivity index (χ0v) is 13.9. The van der Waals surface area contributed by atoms with Gasteiger partial charge in [0.05, 0.1) is 0 Å². The maximum atomic E-state index is 3.66. The Morgan fingerprint density at radius 1 is 1.32 bits per heavy atom. The van der Waals surface area contributed by atoms with Crippen LogP contribution >= 0.6 is 27.3 Å². The summed E-state index contributed by atoms with van der Waals surface area (Å²) in [7, 11) is 0. The lowest BCUT2D eigenvalue weighted by Crippen LogP contribution is -2.39. The molecule has 0 saturated carbocycles. The molecule has 0 aliphatic carbocycles. The van der Waals surface area contributed by atoms with Crippen LogP contribution in [0.5, 0.6) is 0 Å². The van der Waals surface area contributed by atoms with Crippen LogP contribution in [0, 0.1) is 0 Å². The van der Waals surface area contributed by atoms with Crippen molar-refractivity contribution >= 4 is 27.3 Å². The summed E-state index contributed by atoms with van der Waals surface area (Å²) in [6, 6.07) is 11.3. The molecule has 1 nitrogen and oxygen atoms in total. The Balaban J connectivity index is 2.15. The number of benzene rings is 1. The molecule has 0 bridgehead atoms. The van der Waals surface area contributed by atoms with Crippen molar-refractivity contribution in [2.45, 2.75) is 32.2 Å². The van der Waals surface area contributed by atoms with Crippen LogP contribution in [-0.4, -0.2) is 6.54 Å². The highest BCUT2D eigenvalue weighted by molar-refractivity contribution is 9.10. The van der Waals surface area contributed by atoms with Gasteiger partial charge in [0.2, 0.25) is 0 Å². The smallest absolute Gasteiger partial charge is 0.0389 e. The van der Waals surface area contributed by atoms with E-state index < -0.39 is 0 Å². The highest BCUT2D eigenvalue weighted by atomic mass is 79.9. The van der Waals surface area contributed by atoms with Gasteiger partial charge in [-0.2, -0.15) is 0 Å². The lowest BCUT2D eigenvalue weighted by molar-refractivity contribution is 0.401. The molecule has 19 heavy (non-hydrogen) atoms. The summed E-state index contributed by atoms with van der Waals surface area (Å²) in [5, 5.41) is 3.61. The van der Waals surface area contributed by atoms with Crippen LogP contribution in [0.15, 0.2) is 34.8 Å². The summed E-state index contributed by atoms with van der Waals surface area (Å²) in [6.07, 6.45) is 0. The fourth-order valence-corrected chi connectivity index (χ4v) is 4.68. The van der Waals surface area contributed by atoms with Crippen molar-refractivity contribution in [1.82, 2.24) is 5.32 Å². The zero-order valence-electron chi connectivity index (χ0n) is 11.5. The van der Waals surface area contributed by atoms with Crippen molar-refractivity contribution in [1.29, 1.82) is 0 Å². The minimum absolute atomic E-state index is 0.220. The molecular formula is C16H18BrNS. The number of thiophene rings is 1. The van der Waals surface area contributed by atoms with Crippen LogP contribution in [-0.2, 0) is 5.41 Å². The summed E-state index contributed by atoms with van der Waals surface area (Å²) < 4.78 is 1.17. The first-order valence-corrected chi connectivity index (χ1v) is 8.22. The van der Waals surface area contributed by atoms with Crippen molar-refractivity contribution in [2.75, 3.05) is 6.54 Å². The molecule has 1 aliphatic rings. The first-order valence-electron chi connectivity index (χ1n) is 6.61. The third-order valence-corrected chi connectivity index (χ3v) is 5.92. The van der Waals surface area contributed by atoms with E-state index in [4.69, 9.17) is 0 Å². The van der Waals surface area contributed by atoms with Crippen LogP contribution in [0.4, 0.5) is 0 Å². The van der Waals surface area contributed by atoms with Gasteiger partial charge in [0.1, 0.15) is 0 Å². The van der Waals surface area contributed by atoms with E-state index in [-0.39, 0.29) is 5.41 Å². The normalized spacial score (nSPS) is 21.2. The van der Waals surface area contributed by atoms with Crippen molar-refractivity contribution in [3.8, 4) is 10.4 Å². The molecule has 0 amide bonds. The molecule has 1 unspecified atom stereocenters. The van der Waals surface area contributed by atoms with Crippen molar-refractivity contribution < 1.29 is 0 Å². The zero-order chi connectivity index (χ0) is 13.6. The van der Waals surface area contributed by atoms with Crippen molar-refractivity contribution in [3.63, 3.8) is 0 Å². The second-order valence-electron chi connectivity index (χ2n) is 5.85. The number of hydrogen-bond donors (Lipinski definition) is 1. The second kappa shape index (κ2) is 4.72. The number of rotatable bonds is 1. The van der Waals surface area contributed by atoms with E-state index in [0.717, 1.165) is 6.54 Å². The summed E-state index contributed by atoms with van der Waals surface area (Å²) in [4.78, 5) is 2.85. The molecule has 2 heterocycles. The van der Waals surface area contributed by atoms with Gasteiger partial charge < -0.3 is 5.32 Å². The van der Waals surface area contributed by atoms with E-state index in [1.807, 2.05) is 11.3 Å². The molecule has 0 spiro atoms. The Morgan fingerprint density at radius 3 is 2.74 bits per heavy atom. The lowest BCUT2D eigenvalue weighted by atomic mass is 9.80. The standard InChI is InChI=1S/C16H18BrNS/c1-10-15-12(16(2,3)9-18-10)8-14(19-15)11-6-4-5-7-13(11)17/h4-8,10,18H,9H2,1-3H3.